The largest absolute Gasteiger partial charge is 0.493 e. The van der Waals surface area contributed by atoms with E-state index in [-0.39, 0.29) is 11.9 Å². The SMILES string of the molecule is CCOc1ccccc1/C=C/C(=O)N(C(C)C)C1CCCC1. The lowest BCUT2D eigenvalue weighted by molar-refractivity contribution is -0.130. The summed E-state index contributed by atoms with van der Waals surface area (Å²) in [5, 5.41) is 0. The fourth-order valence-electron chi connectivity index (χ4n) is 3.19. The average molecular weight is 301 g/mol. The second-order valence-electron chi connectivity index (χ2n) is 6.08. The van der Waals surface area contributed by atoms with Crippen LogP contribution in [0.15, 0.2) is 30.3 Å². The van der Waals surface area contributed by atoms with Gasteiger partial charge in [-0.2, -0.15) is 0 Å². The Bertz CT molecular complexity index is 516. The van der Waals surface area contributed by atoms with E-state index in [1.807, 2.05) is 42.2 Å². The van der Waals surface area contributed by atoms with Crippen molar-refractivity contribution in [1.29, 1.82) is 0 Å². The summed E-state index contributed by atoms with van der Waals surface area (Å²) in [6.45, 7) is 6.78. The van der Waals surface area contributed by atoms with Crippen molar-refractivity contribution in [2.45, 2.75) is 58.5 Å². The predicted octanol–water partition coefficient (Wildman–Crippen LogP) is 4.28. The molecule has 0 heterocycles. The van der Waals surface area contributed by atoms with Gasteiger partial charge in [-0.25, -0.2) is 0 Å². The molecule has 0 aliphatic heterocycles. The molecule has 0 radical (unpaired) electrons. The molecular formula is C19H27NO2. The van der Waals surface area contributed by atoms with Gasteiger partial charge in [-0.1, -0.05) is 31.0 Å². The normalized spacial score (nSPS) is 15.6. The second kappa shape index (κ2) is 8.02. The molecule has 0 bridgehead atoms. The van der Waals surface area contributed by atoms with Crippen molar-refractivity contribution in [3.8, 4) is 5.75 Å². The molecule has 2 rings (SSSR count). The minimum atomic E-state index is 0.105. The molecule has 22 heavy (non-hydrogen) atoms. The molecule has 1 fully saturated rings. The third kappa shape index (κ3) is 4.12. The first-order valence-electron chi connectivity index (χ1n) is 8.35. The van der Waals surface area contributed by atoms with Crippen LogP contribution < -0.4 is 4.74 Å². The van der Waals surface area contributed by atoms with Crippen molar-refractivity contribution in [2.75, 3.05) is 6.61 Å². The van der Waals surface area contributed by atoms with Crippen molar-refractivity contribution in [2.24, 2.45) is 0 Å². The standard InChI is InChI=1S/C19H27NO2/c1-4-22-18-12-8-5-9-16(18)13-14-19(21)20(15(2)3)17-10-6-7-11-17/h5,8-9,12-15,17H,4,6-7,10-11H2,1-3H3/b14-13+. The van der Waals surface area contributed by atoms with Gasteiger partial charge in [-0.3, -0.25) is 4.79 Å². The zero-order valence-electron chi connectivity index (χ0n) is 13.9. The van der Waals surface area contributed by atoms with E-state index in [2.05, 4.69) is 13.8 Å². The highest BCUT2D eigenvalue weighted by Crippen LogP contribution is 2.26. The highest BCUT2D eigenvalue weighted by molar-refractivity contribution is 5.92. The van der Waals surface area contributed by atoms with E-state index >= 15 is 0 Å². The summed E-state index contributed by atoms with van der Waals surface area (Å²) in [4.78, 5) is 14.6. The third-order valence-electron chi connectivity index (χ3n) is 4.15. The lowest BCUT2D eigenvalue weighted by Crippen LogP contribution is -2.42. The van der Waals surface area contributed by atoms with E-state index in [4.69, 9.17) is 4.74 Å². The van der Waals surface area contributed by atoms with Crippen LogP contribution in [0, 0.1) is 0 Å². The van der Waals surface area contributed by atoms with Gasteiger partial charge in [0.05, 0.1) is 6.61 Å². The minimum Gasteiger partial charge on any atom is -0.493 e. The maximum atomic E-state index is 12.6. The molecule has 1 aromatic rings. The van der Waals surface area contributed by atoms with Gasteiger partial charge in [-0.05, 0) is 45.8 Å². The highest BCUT2D eigenvalue weighted by Gasteiger charge is 2.27. The zero-order valence-corrected chi connectivity index (χ0v) is 13.9. The monoisotopic (exact) mass is 301 g/mol. The minimum absolute atomic E-state index is 0.105. The molecule has 1 aliphatic rings. The molecule has 1 amide bonds. The molecule has 1 aliphatic carbocycles. The molecule has 1 saturated carbocycles. The van der Waals surface area contributed by atoms with Crippen LogP contribution in [-0.2, 0) is 4.79 Å². The smallest absolute Gasteiger partial charge is 0.247 e. The maximum absolute atomic E-state index is 12.6. The van der Waals surface area contributed by atoms with Crippen molar-refractivity contribution >= 4 is 12.0 Å². The number of amides is 1. The topological polar surface area (TPSA) is 29.5 Å². The first kappa shape index (κ1) is 16.6. The Kier molecular flexibility index (Phi) is 6.05. The molecule has 120 valence electrons. The number of carbonyl (C=O) groups is 1. The number of rotatable bonds is 6. The van der Waals surface area contributed by atoms with E-state index in [0.29, 0.717) is 12.6 Å². The van der Waals surface area contributed by atoms with E-state index in [0.717, 1.165) is 24.2 Å². The summed E-state index contributed by atoms with van der Waals surface area (Å²) < 4.78 is 5.60. The van der Waals surface area contributed by atoms with E-state index in [1.54, 1.807) is 6.08 Å². The number of carbonyl (C=O) groups excluding carboxylic acids is 1. The zero-order chi connectivity index (χ0) is 15.9. The number of hydrogen-bond acceptors (Lipinski definition) is 2. The fourth-order valence-corrected chi connectivity index (χ4v) is 3.19. The first-order chi connectivity index (χ1) is 10.6. The molecule has 0 spiro atoms. The van der Waals surface area contributed by atoms with Gasteiger partial charge in [0, 0.05) is 23.7 Å². The van der Waals surface area contributed by atoms with Crippen LogP contribution in [0.3, 0.4) is 0 Å². The van der Waals surface area contributed by atoms with Gasteiger partial charge < -0.3 is 9.64 Å². The van der Waals surface area contributed by atoms with Crippen LogP contribution in [0.4, 0.5) is 0 Å². The van der Waals surface area contributed by atoms with Crippen molar-refractivity contribution in [3.05, 3.63) is 35.9 Å². The predicted molar refractivity (Wildman–Crippen MR) is 90.9 cm³/mol. The van der Waals surface area contributed by atoms with E-state index < -0.39 is 0 Å². The quantitative estimate of drug-likeness (QED) is 0.734. The molecule has 0 aromatic heterocycles. The maximum Gasteiger partial charge on any atom is 0.247 e. The summed E-state index contributed by atoms with van der Waals surface area (Å²) in [5.41, 5.74) is 0.952. The molecule has 0 saturated heterocycles. The molecular weight excluding hydrogens is 274 g/mol. The molecule has 0 atom stereocenters. The number of para-hydroxylation sites is 1. The first-order valence-corrected chi connectivity index (χ1v) is 8.35. The number of ether oxygens (including phenoxy) is 1. The molecule has 0 N–H and O–H groups in total. The van der Waals surface area contributed by atoms with E-state index in [1.165, 1.54) is 12.8 Å². The molecule has 1 aromatic carbocycles. The lowest BCUT2D eigenvalue weighted by atomic mass is 10.1. The summed E-state index contributed by atoms with van der Waals surface area (Å²) >= 11 is 0. The van der Waals surface area contributed by atoms with Crippen LogP contribution >= 0.6 is 0 Å². The highest BCUT2D eigenvalue weighted by atomic mass is 16.5. The Labute approximate surface area is 134 Å². The van der Waals surface area contributed by atoms with Gasteiger partial charge in [0.25, 0.3) is 0 Å². The summed E-state index contributed by atoms with van der Waals surface area (Å²) in [5.74, 6) is 0.930. The van der Waals surface area contributed by atoms with Gasteiger partial charge in [0.1, 0.15) is 5.75 Å². The third-order valence-corrected chi connectivity index (χ3v) is 4.15. The molecule has 3 heteroatoms. The average Bonchev–Trinajstić information content (AvgIpc) is 3.00. The van der Waals surface area contributed by atoms with Crippen LogP contribution in [-0.4, -0.2) is 29.5 Å². The Morgan fingerprint density at radius 3 is 2.64 bits per heavy atom. The Morgan fingerprint density at radius 2 is 2.00 bits per heavy atom. The van der Waals surface area contributed by atoms with Crippen LogP contribution in [0.5, 0.6) is 5.75 Å². The van der Waals surface area contributed by atoms with E-state index in [9.17, 15) is 4.79 Å². The molecule has 3 nitrogen and oxygen atoms in total. The fraction of sp³-hybridized carbons (Fsp3) is 0.526. The number of nitrogens with zero attached hydrogens (tertiary/aromatic N) is 1. The number of hydrogen-bond donors (Lipinski definition) is 0. The van der Waals surface area contributed by atoms with Crippen molar-refractivity contribution in [3.63, 3.8) is 0 Å². The van der Waals surface area contributed by atoms with Crippen molar-refractivity contribution < 1.29 is 9.53 Å². The number of benzene rings is 1. The van der Waals surface area contributed by atoms with Gasteiger partial charge in [0.15, 0.2) is 0 Å². The van der Waals surface area contributed by atoms with Gasteiger partial charge in [-0.15, -0.1) is 0 Å². The summed E-state index contributed by atoms with van der Waals surface area (Å²) in [6.07, 6.45) is 8.30. The van der Waals surface area contributed by atoms with Crippen molar-refractivity contribution in [1.82, 2.24) is 4.90 Å². The molecule has 0 unspecified atom stereocenters. The van der Waals surface area contributed by atoms with Crippen LogP contribution in [0.2, 0.25) is 0 Å². The Balaban J connectivity index is 2.12. The second-order valence-corrected chi connectivity index (χ2v) is 6.08. The lowest BCUT2D eigenvalue weighted by Gasteiger charge is -2.31. The Morgan fingerprint density at radius 1 is 1.32 bits per heavy atom. The van der Waals surface area contributed by atoms with Crippen LogP contribution in [0.25, 0.3) is 6.08 Å². The Hall–Kier alpha value is -1.77. The van der Waals surface area contributed by atoms with Gasteiger partial charge in [0.2, 0.25) is 5.91 Å². The summed E-state index contributed by atoms with van der Waals surface area (Å²) in [7, 11) is 0. The van der Waals surface area contributed by atoms with Gasteiger partial charge >= 0.3 is 0 Å². The summed E-state index contributed by atoms with van der Waals surface area (Å²) in [6, 6.07) is 8.46. The van der Waals surface area contributed by atoms with Crippen LogP contribution in [0.1, 0.15) is 52.0 Å².